The van der Waals surface area contributed by atoms with E-state index >= 15 is 0 Å². The lowest BCUT2D eigenvalue weighted by atomic mass is 10.2. The van der Waals surface area contributed by atoms with Crippen molar-refractivity contribution in [2.45, 2.75) is 17.7 Å². The minimum absolute atomic E-state index is 0.00579. The monoisotopic (exact) mass is 407 g/mol. The van der Waals surface area contributed by atoms with Crippen LogP contribution in [0.1, 0.15) is 33.6 Å². The van der Waals surface area contributed by atoms with E-state index in [9.17, 15) is 23.1 Å². The first-order valence-corrected chi connectivity index (χ1v) is 10.0. The number of hydrogen-bond donors (Lipinski definition) is 1. The number of hydrogen-bond acceptors (Lipinski definition) is 5. The number of carboxylic acids is 1. The van der Waals surface area contributed by atoms with Crippen LogP contribution in [0.5, 0.6) is 0 Å². The van der Waals surface area contributed by atoms with Crippen LogP contribution in [-0.2, 0) is 10.0 Å². The van der Waals surface area contributed by atoms with E-state index in [0.29, 0.717) is 18.8 Å². The fraction of sp³-hybridized carbons (Fsp3) is 0.222. The van der Waals surface area contributed by atoms with Gasteiger partial charge in [0.1, 0.15) is 0 Å². The van der Waals surface area contributed by atoms with E-state index in [2.05, 4.69) is 5.32 Å². The van der Waals surface area contributed by atoms with Gasteiger partial charge in [0.2, 0.25) is 10.0 Å². The number of halogens is 1. The van der Waals surface area contributed by atoms with E-state index in [1.54, 1.807) is 0 Å². The van der Waals surface area contributed by atoms with Crippen molar-refractivity contribution in [2.24, 2.45) is 0 Å². The summed E-state index contributed by atoms with van der Waals surface area (Å²) in [5, 5.41) is 13.4. The van der Waals surface area contributed by atoms with Crippen molar-refractivity contribution in [1.29, 1.82) is 0 Å². The van der Waals surface area contributed by atoms with Gasteiger partial charge < -0.3 is 15.2 Å². The van der Waals surface area contributed by atoms with Crippen molar-refractivity contribution >= 4 is 39.2 Å². The normalized spacial score (nSPS) is 14.9. The maximum absolute atomic E-state index is 12.7. The molecule has 0 unspecified atom stereocenters. The van der Waals surface area contributed by atoms with Crippen LogP contribution in [0.2, 0.25) is 5.02 Å². The fourth-order valence-corrected chi connectivity index (χ4v) is 4.55. The summed E-state index contributed by atoms with van der Waals surface area (Å²) in [6, 6.07) is 9.39. The zero-order valence-corrected chi connectivity index (χ0v) is 15.7. The summed E-state index contributed by atoms with van der Waals surface area (Å²) in [6.07, 6.45) is 1.62. The SMILES string of the molecule is O=C([O-])c1ccc(NC(=O)c2cc(S(=O)(=O)N3CCCC3)ccc2Cl)cc1. The van der Waals surface area contributed by atoms with E-state index in [-0.39, 0.29) is 21.0 Å². The fourth-order valence-electron chi connectivity index (χ4n) is 2.80. The van der Waals surface area contributed by atoms with Crippen molar-refractivity contribution in [3.05, 3.63) is 58.6 Å². The lowest BCUT2D eigenvalue weighted by Gasteiger charge is -2.16. The molecule has 1 aliphatic rings. The number of rotatable bonds is 5. The molecule has 9 heteroatoms. The maximum Gasteiger partial charge on any atom is 0.257 e. The smallest absolute Gasteiger partial charge is 0.257 e. The number of benzene rings is 2. The molecule has 1 fully saturated rings. The Labute approximate surface area is 161 Å². The van der Waals surface area contributed by atoms with Crippen LogP contribution in [-0.4, -0.2) is 37.7 Å². The topological polar surface area (TPSA) is 107 Å². The zero-order valence-electron chi connectivity index (χ0n) is 14.1. The van der Waals surface area contributed by atoms with E-state index in [0.717, 1.165) is 12.8 Å². The Morgan fingerprint density at radius 1 is 1.04 bits per heavy atom. The van der Waals surface area contributed by atoms with E-state index in [1.807, 2.05) is 0 Å². The molecule has 3 rings (SSSR count). The van der Waals surface area contributed by atoms with Crippen LogP contribution >= 0.6 is 11.6 Å². The number of nitrogens with zero attached hydrogens (tertiary/aromatic N) is 1. The largest absolute Gasteiger partial charge is 0.545 e. The van der Waals surface area contributed by atoms with E-state index in [4.69, 9.17) is 11.6 Å². The number of anilines is 1. The number of amides is 1. The summed E-state index contributed by atoms with van der Waals surface area (Å²) < 4.78 is 26.7. The highest BCUT2D eigenvalue weighted by Gasteiger charge is 2.28. The molecule has 142 valence electrons. The molecule has 1 N–H and O–H groups in total. The molecule has 0 radical (unpaired) electrons. The van der Waals surface area contributed by atoms with Crippen molar-refractivity contribution in [3.63, 3.8) is 0 Å². The Kier molecular flexibility index (Phi) is 5.50. The Bertz CT molecular complexity index is 983. The highest BCUT2D eigenvalue weighted by atomic mass is 35.5. The van der Waals surface area contributed by atoms with Gasteiger partial charge >= 0.3 is 0 Å². The number of carbonyl (C=O) groups excluding carboxylic acids is 2. The second-order valence-corrected chi connectivity index (χ2v) is 8.42. The van der Waals surface area contributed by atoms with Gasteiger partial charge in [0.25, 0.3) is 5.91 Å². The second kappa shape index (κ2) is 7.67. The summed E-state index contributed by atoms with van der Waals surface area (Å²) in [7, 11) is -3.68. The summed E-state index contributed by atoms with van der Waals surface area (Å²) in [6.45, 7) is 0.911. The first-order valence-electron chi connectivity index (χ1n) is 8.21. The van der Waals surface area contributed by atoms with Gasteiger partial charge in [0, 0.05) is 18.8 Å². The molecule has 0 spiro atoms. The minimum atomic E-state index is -3.68. The molecule has 0 bridgehead atoms. The van der Waals surface area contributed by atoms with Gasteiger partial charge in [-0.15, -0.1) is 0 Å². The molecule has 0 saturated carbocycles. The van der Waals surface area contributed by atoms with Gasteiger partial charge in [-0.05, 0) is 48.7 Å². The summed E-state index contributed by atoms with van der Waals surface area (Å²) >= 11 is 6.08. The highest BCUT2D eigenvalue weighted by molar-refractivity contribution is 7.89. The van der Waals surface area contributed by atoms with E-state index in [1.165, 1.54) is 46.8 Å². The van der Waals surface area contributed by atoms with Gasteiger partial charge in [-0.3, -0.25) is 4.79 Å². The standard InChI is InChI=1S/C18H17ClN2O5S/c19-16-8-7-14(27(25,26)21-9-1-2-10-21)11-15(16)17(22)20-13-5-3-12(4-6-13)18(23)24/h3-8,11H,1-2,9-10H2,(H,20,22)(H,23,24)/p-1. The molecule has 1 aliphatic heterocycles. The van der Waals surface area contributed by atoms with Gasteiger partial charge in [-0.1, -0.05) is 23.7 Å². The molecule has 7 nitrogen and oxygen atoms in total. The number of carboxylic acid groups (broad SMARTS) is 1. The van der Waals surface area contributed by atoms with Crippen molar-refractivity contribution in [1.82, 2.24) is 4.31 Å². The lowest BCUT2D eigenvalue weighted by molar-refractivity contribution is -0.255. The van der Waals surface area contributed by atoms with Crippen molar-refractivity contribution in [2.75, 3.05) is 18.4 Å². The molecule has 0 aliphatic carbocycles. The summed E-state index contributed by atoms with van der Waals surface area (Å²) in [5.74, 6) is -1.92. The first-order chi connectivity index (χ1) is 12.8. The summed E-state index contributed by atoms with van der Waals surface area (Å²) in [4.78, 5) is 23.3. The molecule has 2 aromatic rings. The Hall–Kier alpha value is -2.42. The quantitative estimate of drug-likeness (QED) is 0.812. The minimum Gasteiger partial charge on any atom is -0.545 e. The first kappa shape index (κ1) is 19.3. The molecule has 2 aromatic carbocycles. The number of nitrogens with one attached hydrogen (secondary N) is 1. The average molecular weight is 408 g/mol. The van der Waals surface area contributed by atoms with Crippen LogP contribution in [0, 0.1) is 0 Å². The Balaban J connectivity index is 1.85. The molecule has 0 atom stereocenters. The number of sulfonamides is 1. The van der Waals surface area contributed by atoms with Gasteiger partial charge in [0.15, 0.2) is 0 Å². The highest BCUT2D eigenvalue weighted by Crippen LogP contribution is 2.26. The van der Waals surface area contributed by atoms with Crippen molar-refractivity contribution < 1.29 is 23.1 Å². The Morgan fingerprint density at radius 3 is 2.26 bits per heavy atom. The molecule has 0 aromatic heterocycles. The Morgan fingerprint density at radius 2 is 1.67 bits per heavy atom. The third kappa shape index (κ3) is 4.13. The third-order valence-corrected chi connectivity index (χ3v) is 6.49. The molecule has 1 amide bonds. The number of aromatic carboxylic acids is 1. The molecule has 1 heterocycles. The van der Waals surface area contributed by atoms with Gasteiger partial charge in [-0.25, -0.2) is 8.42 Å². The van der Waals surface area contributed by atoms with Gasteiger partial charge in [-0.2, -0.15) is 4.31 Å². The van der Waals surface area contributed by atoms with Crippen molar-refractivity contribution in [3.8, 4) is 0 Å². The summed E-state index contributed by atoms with van der Waals surface area (Å²) in [5.41, 5.74) is 0.333. The van der Waals surface area contributed by atoms with Crippen LogP contribution in [0.25, 0.3) is 0 Å². The maximum atomic E-state index is 12.7. The zero-order chi connectivity index (χ0) is 19.6. The molecular weight excluding hydrogens is 392 g/mol. The predicted molar refractivity (Wildman–Crippen MR) is 98.2 cm³/mol. The van der Waals surface area contributed by atoms with E-state index < -0.39 is 21.9 Å². The average Bonchev–Trinajstić information content (AvgIpc) is 3.18. The van der Waals surface area contributed by atoms with Gasteiger partial charge in [0.05, 0.1) is 21.5 Å². The van der Waals surface area contributed by atoms with Crippen LogP contribution in [0.4, 0.5) is 5.69 Å². The molecule has 1 saturated heterocycles. The predicted octanol–water partition coefficient (Wildman–Crippen LogP) is 1.74. The van der Waals surface area contributed by atoms with Crippen LogP contribution in [0.3, 0.4) is 0 Å². The lowest BCUT2D eigenvalue weighted by Crippen LogP contribution is -2.28. The number of carbonyl (C=O) groups is 2. The third-order valence-electron chi connectivity index (χ3n) is 4.26. The second-order valence-electron chi connectivity index (χ2n) is 6.07. The molecule has 27 heavy (non-hydrogen) atoms. The molecular formula is C18H16ClN2O5S-. The van der Waals surface area contributed by atoms with Crippen LogP contribution in [0.15, 0.2) is 47.4 Å². The van der Waals surface area contributed by atoms with Crippen LogP contribution < -0.4 is 10.4 Å².